The van der Waals surface area contributed by atoms with Crippen molar-refractivity contribution in [2.75, 3.05) is 0 Å². The van der Waals surface area contributed by atoms with E-state index >= 15 is 0 Å². The van der Waals surface area contributed by atoms with Crippen LogP contribution in [0, 0.1) is 18.8 Å². The SMILES string of the molecule is CCn1nc(C)c(Cl)c1CC(=O)C1CCC(C)CC1. The molecule has 0 spiro atoms. The molecule has 1 fully saturated rings. The lowest BCUT2D eigenvalue weighted by atomic mass is 9.80. The first-order chi connectivity index (χ1) is 9.02. The van der Waals surface area contributed by atoms with E-state index in [9.17, 15) is 4.79 Å². The highest BCUT2D eigenvalue weighted by Crippen LogP contribution is 2.30. The van der Waals surface area contributed by atoms with Crippen LogP contribution in [0.25, 0.3) is 0 Å². The summed E-state index contributed by atoms with van der Waals surface area (Å²) < 4.78 is 1.86. The third kappa shape index (κ3) is 3.19. The first-order valence-electron chi connectivity index (χ1n) is 7.27. The van der Waals surface area contributed by atoms with Crippen LogP contribution in [0.15, 0.2) is 0 Å². The number of aromatic nitrogens is 2. The Morgan fingerprint density at radius 3 is 2.58 bits per heavy atom. The summed E-state index contributed by atoms with van der Waals surface area (Å²) in [7, 11) is 0. The number of halogens is 1. The van der Waals surface area contributed by atoms with Crippen LogP contribution in [-0.2, 0) is 17.8 Å². The molecular formula is C15H23ClN2O. The largest absolute Gasteiger partial charge is 0.299 e. The Hall–Kier alpha value is -0.830. The summed E-state index contributed by atoms with van der Waals surface area (Å²) in [6.07, 6.45) is 4.87. The lowest BCUT2D eigenvalue weighted by Gasteiger charge is -2.25. The average molecular weight is 283 g/mol. The molecule has 19 heavy (non-hydrogen) atoms. The molecule has 106 valence electrons. The van der Waals surface area contributed by atoms with Gasteiger partial charge in [0, 0.05) is 12.5 Å². The topological polar surface area (TPSA) is 34.9 Å². The lowest BCUT2D eigenvalue weighted by molar-refractivity contribution is -0.123. The quantitative estimate of drug-likeness (QED) is 0.842. The second-order valence-electron chi connectivity index (χ2n) is 5.76. The van der Waals surface area contributed by atoms with Crippen LogP contribution in [0.3, 0.4) is 0 Å². The first-order valence-corrected chi connectivity index (χ1v) is 7.65. The molecule has 1 aliphatic carbocycles. The molecule has 0 saturated heterocycles. The Morgan fingerprint density at radius 1 is 1.37 bits per heavy atom. The van der Waals surface area contributed by atoms with Crippen LogP contribution in [0.5, 0.6) is 0 Å². The summed E-state index contributed by atoms with van der Waals surface area (Å²) in [5.41, 5.74) is 1.72. The molecule has 1 aliphatic rings. The maximum Gasteiger partial charge on any atom is 0.141 e. The van der Waals surface area contributed by atoms with Gasteiger partial charge in [0.2, 0.25) is 0 Å². The normalized spacial score (nSPS) is 23.6. The number of nitrogens with zero attached hydrogens (tertiary/aromatic N) is 2. The third-order valence-electron chi connectivity index (χ3n) is 4.27. The van der Waals surface area contributed by atoms with Gasteiger partial charge in [0.1, 0.15) is 5.78 Å². The number of hydrogen-bond donors (Lipinski definition) is 0. The van der Waals surface area contributed by atoms with Crippen molar-refractivity contribution in [2.45, 2.75) is 59.4 Å². The molecule has 3 nitrogen and oxygen atoms in total. The van der Waals surface area contributed by atoms with Crippen molar-refractivity contribution in [3.05, 3.63) is 16.4 Å². The number of hydrogen-bond acceptors (Lipinski definition) is 2. The zero-order chi connectivity index (χ0) is 14.0. The lowest BCUT2D eigenvalue weighted by Crippen LogP contribution is -2.23. The van der Waals surface area contributed by atoms with Gasteiger partial charge in [-0.05, 0) is 32.6 Å². The number of aryl methyl sites for hydroxylation is 2. The predicted octanol–water partition coefficient (Wildman–Crippen LogP) is 3.80. The Morgan fingerprint density at radius 2 is 2.00 bits per heavy atom. The van der Waals surface area contributed by atoms with E-state index in [2.05, 4.69) is 12.0 Å². The van der Waals surface area contributed by atoms with Crippen molar-refractivity contribution >= 4 is 17.4 Å². The molecule has 0 radical (unpaired) electrons. The van der Waals surface area contributed by atoms with Gasteiger partial charge in [-0.25, -0.2) is 0 Å². The third-order valence-corrected chi connectivity index (χ3v) is 4.76. The van der Waals surface area contributed by atoms with Crippen LogP contribution in [0.1, 0.15) is 50.9 Å². The molecule has 0 aromatic carbocycles. The standard InChI is InChI=1S/C15H23ClN2O/c1-4-18-13(15(16)11(3)17-18)9-14(19)12-7-5-10(2)6-8-12/h10,12H,4-9H2,1-3H3. The number of ketones is 1. The van der Waals surface area contributed by atoms with Gasteiger partial charge in [-0.15, -0.1) is 0 Å². The van der Waals surface area contributed by atoms with E-state index in [1.54, 1.807) is 0 Å². The van der Waals surface area contributed by atoms with Gasteiger partial charge < -0.3 is 0 Å². The van der Waals surface area contributed by atoms with Crippen molar-refractivity contribution in [2.24, 2.45) is 11.8 Å². The van der Waals surface area contributed by atoms with Crippen LogP contribution < -0.4 is 0 Å². The fourth-order valence-corrected chi connectivity index (χ4v) is 3.13. The second-order valence-corrected chi connectivity index (χ2v) is 6.14. The highest BCUT2D eigenvalue weighted by atomic mass is 35.5. The van der Waals surface area contributed by atoms with Gasteiger partial charge in [-0.1, -0.05) is 31.4 Å². The van der Waals surface area contributed by atoms with E-state index in [0.29, 0.717) is 17.2 Å². The monoisotopic (exact) mass is 282 g/mol. The average Bonchev–Trinajstić information content (AvgIpc) is 2.67. The number of carbonyl (C=O) groups excluding carboxylic acids is 1. The number of Topliss-reactive ketones (excluding diaryl/α,β-unsaturated/α-hetero) is 1. The summed E-state index contributed by atoms with van der Waals surface area (Å²) in [6.45, 7) is 6.95. The van der Waals surface area contributed by atoms with E-state index in [1.807, 2.05) is 18.5 Å². The number of rotatable bonds is 4. The fourth-order valence-electron chi connectivity index (χ4n) is 2.93. The molecule has 1 aromatic heterocycles. The summed E-state index contributed by atoms with van der Waals surface area (Å²) >= 11 is 6.26. The van der Waals surface area contributed by atoms with E-state index in [-0.39, 0.29) is 5.92 Å². The molecular weight excluding hydrogens is 260 g/mol. The van der Waals surface area contributed by atoms with Gasteiger partial charge in [-0.2, -0.15) is 5.10 Å². The van der Waals surface area contributed by atoms with Crippen molar-refractivity contribution in [1.29, 1.82) is 0 Å². The van der Waals surface area contributed by atoms with Gasteiger partial charge in [-0.3, -0.25) is 9.48 Å². The summed E-state index contributed by atoms with van der Waals surface area (Å²) in [5, 5.41) is 5.04. The first kappa shape index (κ1) is 14.6. The van der Waals surface area contributed by atoms with Gasteiger partial charge in [0.05, 0.1) is 22.8 Å². The Labute approximate surface area is 120 Å². The van der Waals surface area contributed by atoms with Crippen molar-refractivity contribution in [1.82, 2.24) is 9.78 Å². The molecule has 2 rings (SSSR count). The molecule has 0 N–H and O–H groups in total. The molecule has 0 unspecified atom stereocenters. The van der Waals surface area contributed by atoms with Crippen molar-refractivity contribution in [3.63, 3.8) is 0 Å². The summed E-state index contributed by atoms with van der Waals surface area (Å²) in [4.78, 5) is 12.4. The molecule has 4 heteroatoms. The molecule has 0 aliphatic heterocycles. The van der Waals surface area contributed by atoms with E-state index in [0.717, 1.165) is 36.7 Å². The maximum absolute atomic E-state index is 12.4. The van der Waals surface area contributed by atoms with E-state index in [1.165, 1.54) is 12.8 Å². The zero-order valence-corrected chi connectivity index (χ0v) is 12.8. The highest BCUT2D eigenvalue weighted by Gasteiger charge is 2.26. The molecule has 1 aromatic rings. The van der Waals surface area contributed by atoms with Crippen LogP contribution in [0.2, 0.25) is 5.02 Å². The van der Waals surface area contributed by atoms with Gasteiger partial charge in [0.25, 0.3) is 0 Å². The smallest absolute Gasteiger partial charge is 0.141 e. The van der Waals surface area contributed by atoms with Crippen LogP contribution in [0.4, 0.5) is 0 Å². The van der Waals surface area contributed by atoms with Crippen LogP contribution in [-0.4, -0.2) is 15.6 Å². The van der Waals surface area contributed by atoms with Gasteiger partial charge in [0.15, 0.2) is 0 Å². The fraction of sp³-hybridized carbons (Fsp3) is 0.733. The minimum absolute atomic E-state index is 0.229. The molecule has 0 bridgehead atoms. The van der Waals surface area contributed by atoms with Crippen LogP contribution >= 0.6 is 11.6 Å². The van der Waals surface area contributed by atoms with E-state index < -0.39 is 0 Å². The van der Waals surface area contributed by atoms with Gasteiger partial charge >= 0.3 is 0 Å². The van der Waals surface area contributed by atoms with Crippen molar-refractivity contribution < 1.29 is 4.79 Å². The summed E-state index contributed by atoms with van der Waals surface area (Å²) in [5.74, 6) is 1.34. The molecule has 0 atom stereocenters. The molecule has 1 heterocycles. The van der Waals surface area contributed by atoms with Crippen molar-refractivity contribution in [3.8, 4) is 0 Å². The second kappa shape index (κ2) is 6.08. The zero-order valence-electron chi connectivity index (χ0n) is 12.1. The Kier molecular flexibility index (Phi) is 4.67. The predicted molar refractivity (Wildman–Crippen MR) is 77.5 cm³/mol. The number of carbonyl (C=O) groups is 1. The highest BCUT2D eigenvalue weighted by molar-refractivity contribution is 6.32. The Balaban J connectivity index is 2.06. The summed E-state index contributed by atoms with van der Waals surface area (Å²) in [6, 6.07) is 0. The maximum atomic E-state index is 12.4. The van der Waals surface area contributed by atoms with E-state index in [4.69, 9.17) is 11.6 Å². The minimum Gasteiger partial charge on any atom is -0.299 e. The molecule has 1 saturated carbocycles. The Bertz CT molecular complexity index is 459. The minimum atomic E-state index is 0.229. The molecule has 0 amide bonds.